The third-order valence-electron chi connectivity index (χ3n) is 2.95. The number of amides is 1. The number of aliphatic hydroxyl groups is 1. The van der Waals surface area contributed by atoms with Crippen LogP contribution in [0.2, 0.25) is 0 Å². The van der Waals surface area contributed by atoms with E-state index in [9.17, 15) is 4.79 Å². The predicted molar refractivity (Wildman–Crippen MR) is 55.0 cm³/mol. The number of hydrogen-bond donors (Lipinski definition) is 2. The van der Waals surface area contributed by atoms with Gasteiger partial charge in [-0.2, -0.15) is 0 Å². The van der Waals surface area contributed by atoms with Crippen molar-refractivity contribution in [3.63, 3.8) is 0 Å². The number of nitrogens with one attached hydrogen (secondary N) is 1. The zero-order chi connectivity index (χ0) is 10.6. The van der Waals surface area contributed by atoms with Crippen molar-refractivity contribution in [3.8, 4) is 0 Å². The van der Waals surface area contributed by atoms with Gasteiger partial charge in [0.15, 0.2) is 0 Å². The molecule has 4 heteroatoms. The van der Waals surface area contributed by atoms with Gasteiger partial charge in [-0.1, -0.05) is 0 Å². The molecule has 0 atom stereocenters. The molecule has 1 amide bonds. The van der Waals surface area contributed by atoms with Crippen LogP contribution in [0.5, 0.6) is 0 Å². The highest BCUT2D eigenvalue weighted by molar-refractivity contribution is 5.75. The van der Waals surface area contributed by atoms with Crippen LogP contribution in [-0.4, -0.2) is 48.7 Å². The fraction of sp³-hybridized carbons (Fsp3) is 0.900. The Balaban J connectivity index is 2.17. The monoisotopic (exact) mass is 200 g/mol. The molecule has 0 aromatic rings. The van der Waals surface area contributed by atoms with E-state index in [-0.39, 0.29) is 18.1 Å². The minimum absolute atomic E-state index is 0.0768. The molecule has 82 valence electrons. The second-order valence-electron chi connectivity index (χ2n) is 4.26. The summed E-state index contributed by atoms with van der Waals surface area (Å²) in [6.45, 7) is 0.848. The van der Waals surface area contributed by atoms with Crippen LogP contribution < -0.4 is 5.32 Å². The summed E-state index contributed by atoms with van der Waals surface area (Å²) in [6.07, 6.45) is 3.74. The Morgan fingerprint density at radius 2 is 2.14 bits per heavy atom. The van der Waals surface area contributed by atoms with E-state index in [4.69, 9.17) is 5.11 Å². The SMILES string of the molecule is CN(C)C(=O)CCNC1(CO)CCC1. The molecule has 1 saturated carbocycles. The van der Waals surface area contributed by atoms with Crippen LogP contribution in [-0.2, 0) is 4.79 Å². The number of aliphatic hydroxyl groups excluding tert-OH is 1. The first-order chi connectivity index (χ1) is 6.59. The highest BCUT2D eigenvalue weighted by Crippen LogP contribution is 2.30. The van der Waals surface area contributed by atoms with Gasteiger partial charge in [0.25, 0.3) is 0 Å². The van der Waals surface area contributed by atoms with Crippen LogP contribution >= 0.6 is 0 Å². The number of carbonyl (C=O) groups is 1. The highest BCUT2D eigenvalue weighted by atomic mass is 16.3. The van der Waals surface area contributed by atoms with Gasteiger partial charge < -0.3 is 15.3 Å². The third-order valence-corrected chi connectivity index (χ3v) is 2.95. The Morgan fingerprint density at radius 1 is 1.50 bits per heavy atom. The summed E-state index contributed by atoms with van der Waals surface area (Å²) in [5.74, 6) is 0.130. The maximum absolute atomic E-state index is 11.2. The van der Waals surface area contributed by atoms with Crippen LogP contribution in [0.3, 0.4) is 0 Å². The zero-order valence-electron chi connectivity index (χ0n) is 9.05. The summed E-state index contributed by atoms with van der Waals surface area (Å²) in [4.78, 5) is 12.8. The normalized spacial score (nSPS) is 18.8. The summed E-state index contributed by atoms with van der Waals surface area (Å²) in [7, 11) is 3.51. The molecule has 4 nitrogen and oxygen atoms in total. The fourth-order valence-electron chi connectivity index (χ4n) is 1.65. The lowest BCUT2D eigenvalue weighted by Gasteiger charge is -2.41. The minimum atomic E-state index is -0.0768. The average Bonchev–Trinajstić information content (AvgIpc) is 2.09. The van der Waals surface area contributed by atoms with Crippen molar-refractivity contribution < 1.29 is 9.90 Å². The van der Waals surface area contributed by atoms with E-state index in [1.54, 1.807) is 19.0 Å². The maximum Gasteiger partial charge on any atom is 0.223 e. The van der Waals surface area contributed by atoms with Crippen LogP contribution in [0.25, 0.3) is 0 Å². The van der Waals surface area contributed by atoms with Crippen molar-refractivity contribution >= 4 is 5.91 Å². The lowest BCUT2D eigenvalue weighted by atomic mass is 9.77. The topological polar surface area (TPSA) is 52.6 Å². The number of nitrogens with zero attached hydrogens (tertiary/aromatic N) is 1. The second-order valence-corrected chi connectivity index (χ2v) is 4.26. The molecule has 0 unspecified atom stereocenters. The van der Waals surface area contributed by atoms with Gasteiger partial charge in [0.2, 0.25) is 5.91 Å². The molecule has 14 heavy (non-hydrogen) atoms. The van der Waals surface area contributed by atoms with E-state index < -0.39 is 0 Å². The van der Waals surface area contributed by atoms with Crippen LogP contribution in [0, 0.1) is 0 Å². The van der Waals surface area contributed by atoms with E-state index in [1.807, 2.05) is 0 Å². The lowest BCUT2D eigenvalue weighted by Crippen LogP contribution is -2.54. The Bertz CT molecular complexity index is 195. The third kappa shape index (κ3) is 2.69. The zero-order valence-corrected chi connectivity index (χ0v) is 9.05. The standard InChI is InChI=1S/C10H20N2O2/c1-12(2)9(14)4-7-11-10(8-13)5-3-6-10/h11,13H,3-8H2,1-2H3. The lowest BCUT2D eigenvalue weighted by molar-refractivity contribution is -0.128. The molecule has 1 rings (SSSR count). The minimum Gasteiger partial charge on any atom is -0.394 e. The smallest absolute Gasteiger partial charge is 0.223 e. The summed E-state index contributed by atoms with van der Waals surface area (Å²) in [6, 6.07) is 0. The molecule has 0 saturated heterocycles. The molecule has 2 N–H and O–H groups in total. The van der Waals surface area contributed by atoms with Crippen molar-refractivity contribution in [2.45, 2.75) is 31.2 Å². The number of carbonyl (C=O) groups excluding carboxylic acids is 1. The molecule has 0 bridgehead atoms. The predicted octanol–water partition coefficient (Wildman–Crippen LogP) is -0.0307. The van der Waals surface area contributed by atoms with Crippen LogP contribution in [0.1, 0.15) is 25.7 Å². The Kier molecular flexibility index (Phi) is 3.89. The Labute approximate surface area is 85.3 Å². The van der Waals surface area contributed by atoms with Gasteiger partial charge in [-0.25, -0.2) is 0 Å². The van der Waals surface area contributed by atoms with Gasteiger partial charge in [0.1, 0.15) is 0 Å². The first-order valence-corrected chi connectivity index (χ1v) is 5.16. The van der Waals surface area contributed by atoms with Crippen molar-refractivity contribution in [1.82, 2.24) is 10.2 Å². The van der Waals surface area contributed by atoms with E-state index >= 15 is 0 Å². The summed E-state index contributed by atoms with van der Waals surface area (Å²) in [5, 5.41) is 12.4. The van der Waals surface area contributed by atoms with Crippen molar-refractivity contribution in [3.05, 3.63) is 0 Å². The second kappa shape index (κ2) is 4.75. The molecule has 1 aliphatic rings. The first-order valence-electron chi connectivity index (χ1n) is 5.16. The fourth-order valence-corrected chi connectivity index (χ4v) is 1.65. The molecular formula is C10H20N2O2. The molecule has 0 aromatic heterocycles. The van der Waals surface area contributed by atoms with Gasteiger partial charge in [0.05, 0.1) is 6.61 Å². The average molecular weight is 200 g/mol. The largest absolute Gasteiger partial charge is 0.394 e. The molecular weight excluding hydrogens is 180 g/mol. The van der Waals surface area contributed by atoms with Gasteiger partial charge >= 0.3 is 0 Å². The summed E-state index contributed by atoms with van der Waals surface area (Å²) >= 11 is 0. The molecule has 0 aliphatic heterocycles. The van der Waals surface area contributed by atoms with Crippen molar-refractivity contribution in [2.75, 3.05) is 27.2 Å². The molecule has 0 heterocycles. The van der Waals surface area contributed by atoms with Crippen LogP contribution in [0.4, 0.5) is 0 Å². The Morgan fingerprint density at radius 3 is 2.50 bits per heavy atom. The van der Waals surface area contributed by atoms with Gasteiger partial charge in [-0.15, -0.1) is 0 Å². The maximum atomic E-state index is 11.2. The molecule has 0 aromatic carbocycles. The molecule has 0 spiro atoms. The quantitative estimate of drug-likeness (QED) is 0.655. The van der Waals surface area contributed by atoms with Gasteiger partial charge in [-0.05, 0) is 19.3 Å². The van der Waals surface area contributed by atoms with E-state index in [1.165, 1.54) is 6.42 Å². The van der Waals surface area contributed by atoms with Gasteiger partial charge in [0, 0.05) is 32.6 Å². The molecule has 1 fully saturated rings. The molecule has 1 aliphatic carbocycles. The first kappa shape index (κ1) is 11.5. The van der Waals surface area contributed by atoms with Crippen molar-refractivity contribution in [2.24, 2.45) is 0 Å². The number of hydrogen-bond acceptors (Lipinski definition) is 3. The Hall–Kier alpha value is -0.610. The molecule has 0 radical (unpaired) electrons. The van der Waals surface area contributed by atoms with E-state index in [0.717, 1.165) is 12.8 Å². The van der Waals surface area contributed by atoms with E-state index in [0.29, 0.717) is 13.0 Å². The summed E-state index contributed by atoms with van der Waals surface area (Å²) in [5.41, 5.74) is -0.0768. The van der Waals surface area contributed by atoms with Gasteiger partial charge in [-0.3, -0.25) is 4.79 Å². The van der Waals surface area contributed by atoms with E-state index in [2.05, 4.69) is 5.32 Å². The van der Waals surface area contributed by atoms with Crippen LogP contribution in [0.15, 0.2) is 0 Å². The number of rotatable bonds is 5. The van der Waals surface area contributed by atoms with Crippen molar-refractivity contribution in [1.29, 1.82) is 0 Å². The highest BCUT2D eigenvalue weighted by Gasteiger charge is 2.35. The summed E-state index contributed by atoms with van der Waals surface area (Å²) < 4.78 is 0.